The Bertz CT molecular complexity index is 1130. The van der Waals surface area contributed by atoms with Gasteiger partial charge in [0.05, 0.1) is 5.69 Å². The molecule has 1 aromatic carbocycles. The van der Waals surface area contributed by atoms with Gasteiger partial charge in [-0.15, -0.1) is 0 Å². The number of hydrogen-bond acceptors (Lipinski definition) is 6. The van der Waals surface area contributed by atoms with Crippen molar-refractivity contribution in [2.45, 2.75) is 57.4 Å². The van der Waals surface area contributed by atoms with Crippen LogP contribution in [0.4, 0.5) is 11.8 Å². The molecule has 7 nitrogen and oxygen atoms in total. The number of aryl methyl sites for hydroxylation is 1. The molecule has 1 aliphatic carbocycles. The first-order chi connectivity index (χ1) is 17.2. The van der Waals surface area contributed by atoms with Crippen molar-refractivity contribution in [3.8, 4) is 11.3 Å². The first kappa shape index (κ1) is 24.4. The Morgan fingerprint density at radius 3 is 2.74 bits per heavy atom. The molecule has 4 rings (SSSR count). The normalized spacial score (nSPS) is 13.5. The van der Waals surface area contributed by atoms with E-state index in [0.717, 1.165) is 54.7 Å². The number of unbranched alkanes of at least 4 members (excludes halogenated alkanes) is 3. The summed E-state index contributed by atoms with van der Waals surface area (Å²) in [6.45, 7) is 0.693. The molecule has 1 saturated carbocycles. The fourth-order valence-corrected chi connectivity index (χ4v) is 4.06. The Kier molecular flexibility index (Phi) is 8.81. The lowest BCUT2D eigenvalue weighted by Gasteiger charge is -2.27. The number of nitrogens with one attached hydrogen (secondary N) is 2. The van der Waals surface area contributed by atoms with Crippen LogP contribution in [0.2, 0.25) is 0 Å². The largest absolute Gasteiger partial charge is 0.368 e. The highest BCUT2D eigenvalue weighted by atomic mass is 16.1. The molecule has 0 saturated heterocycles. The number of amides is 1. The molecule has 0 bridgehead atoms. The van der Waals surface area contributed by atoms with Crippen LogP contribution >= 0.6 is 0 Å². The van der Waals surface area contributed by atoms with Crippen LogP contribution in [0.15, 0.2) is 60.9 Å². The molecule has 2 aromatic heterocycles. The van der Waals surface area contributed by atoms with Crippen LogP contribution in [-0.4, -0.2) is 33.4 Å². The number of benzene rings is 1. The highest BCUT2D eigenvalue weighted by Gasteiger charge is 2.18. The number of carbonyl (C=O) groups is 1. The summed E-state index contributed by atoms with van der Waals surface area (Å²) in [6.07, 6.45) is 15.7. The van der Waals surface area contributed by atoms with E-state index in [4.69, 9.17) is 5.73 Å². The Morgan fingerprint density at radius 2 is 1.94 bits per heavy atom. The Hall–Kier alpha value is -3.74. The van der Waals surface area contributed by atoms with Crippen molar-refractivity contribution >= 4 is 23.7 Å². The van der Waals surface area contributed by atoms with Crippen LogP contribution in [-0.2, 0) is 11.2 Å². The third-order valence-corrected chi connectivity index (χ3v) is 6.23. The first-order valence-electron chi connectivity index (χ1n) is 12.5. The maximum Gasteiger partial charge on any atom is 0.243 e. The third-order valence-electron chi connectivity index (χ3n) is 6.23. The van der Waals surface area contributed by atoms with E-state index in [1.54, 1.807) is 24.5 Å². The van der Waals surface area contributed by atoms with Crippen molar-refractivity contribution < 1.29 is 4.79 Å². The molecule has 1 amide bonds. The van der Waals surface area contributed by atoms with Gasteiger partial charge in [0.1, 0.15) is 5.82 Å². The third kappa shape index (κ3) is 7.91. The van der Waals surface area contributed by atoms with Crippen molar-refractivity contribution in [2.75, 3.05) is 17.6 Å². The lowest BCUT2D eigenvalue weighted by molar-refractivity contribution is -0.116. The van der Waals surface area contributed by atoms with E-state index in [1.807, 2.05) is 18.2 Å². The molecule has 4 N–H and O–H groups in total. The van der Waals surface area contributed by atoms with Crippen molar-refractivity contribution in [3.05, 3.63) is 72.1 Å². The molecule has 2 heterocycles. The average Bonchev–Trinajstić information content (AvgIpc) is 2.85. The molecule has 0 unspecified atom stereocenters. The van der Waals surface area contributed by atoms with Gasteiger partial charge in [0.2, 0.25) is 11.9 Å². The number of carbonyl (C=O) groups excluding carboxylic acids is 1. The molecule has 1 fully saturated rings. The number of anilines is 2. The number of nitrogens with zero attached hydrogens (tertiary/aromatic N) is 3. The van der Waals surface area contributed by atoms with E-state index >= 15 is 0 Å². The van der Waals surface area contributed by atoms with Crippen LogP contribution in [0, 0.1) is 0 Å². The maximum atomic E-state index is 11.9. The van der Waals surface area contributed by atoms with E-state index in [1.165, 1.54) is 24.8 Å². The van der Waals surface area contributed by atoms with E-state index in [9.17, 15) is 4.79 Å². The van der Waals surface area contributed by atoms with Crippen molar-refractivity contribution in [1.29, 1.82) is 0 Å². The van der Waals surface area contributed by atoms with Gasteiger partial charge >= 0.3 is 0 Å². The Labute approximate surface area is 207 Å². The van der Waals surface area contributed by atoms with Gasteiger partial charge in [-0.3, -0.25) is 9.78 Å². The van der Waals surface area contributed by atoms with Gasteiger partial charge < -0.3 is 16.4 Å². The first-order valence-corrected chi connectivity index (χ1v) is 12.5. The van der Waals surface area contributed by atoms with Gasteiger partial charge in [0, 0.05) is 42.7 Å². The second kappa shape index (κ2) is 12.6. The van der Waals surface area contributed by atoms with Gasteiger partial charge in [-0.05, 0) is 67.9 Å². The number of nitrogens with two attached hydrogens (primary N) is 1. The molecule has 3 aromatic rings. The Morgan fingerprint density at radius 1 is 1.06 bits per heavy atom. The lowest BCUT2D eigenvalue weighted by Crippen LogP contribution is -2.27. The van der Waals surface area contributed by atoms with Crippen LogP contribution in [0.25, 0.3) is 17.3 Å². The minimum Gasteiger partial charge on any atom is -0.368 e. The predicted octanol–water partition coefficient (Wildman–Crippen LogP) is 5.02. The van der Waals surface area contributed by atoms with E-state index < -0.39 is 0 Å². The summed E-state index contributed by atoms with van der Waals surface area (Å²) in [5.74, 6) is 1.04. The monoisotopic (exact) mass is 470 g/mol. The molecule has 0 spiro atoms. The minimum atomic E-state index is -0.0675. The number of aromatic nitrogens is 3. The summed E-state index contributed by atoms with van der Waals surface area (Å²) in [4.78, 5) is 24.7. The summed E-state index contributed by atoms with van der Waals surface area (Å²) in [5.41, 5.74) is 10.1. The second-order valence-electron chi connectivity index (χ2n) is 9.04. The fraction of sp³-hybridized carbons (Fsp3) is 0.357. The number of hydrogen-bond donors (Lipinski definition) is 3. The van der Waals surface area contributed by atoms with E-state index in [2.05, 4.69) is 49.9 Å². The summed E-state index contributed by atoms with van der Waals surface area (Å²) in [6, 6.07) is 14.8. The summed E-state index contributed by atoms with van der Waals surface area (Å²) in [7, 11) is 0. The minimum absolute atomic E-state index is 0.0675. The zero-order chi connectivity index (χ0) is 24.3. The molecule has 0 atom stereocenters. The summed E-state index contributed by atoms with van der Waals surface area (Å²) in [5, 5.41) is 6.40. The van der Waals surface area contributed by atoms with Gasteiger partial charge in [-0.1, -0.05) is 37.1 Å². The number of nitrogen functional groups attached to an aromatic ring is 1. The number of rotatable bonds is 12. The topological polar surface area (TPSA) is 106 Å². The van der Waals surface area contributed by atoms with Crippen molar-refractivity contribution in [2.24, 2.45) is 0 Å². The SMILES string of the molecule is Nc1nc(NC2CCC2)cc(-c2cccc(CCCCCCNC(=O)/C=C/c3cccnc3)c2)n1. The van der Waals surface area contributed by atoms with Crippen LogP contribution in [0.5, 0.6) is 0 Å². The molecule has 182 valence electrons. The molecule has 0 radical (unpaired) electrons. The standard InChI is InChI=1S/C28H34N6O/c29-28-33-25(19-26(34-28)32-24-12-6-13-24)23-11-5-9-21(18-23)8-3-1-2-4-17-31-27(35)15-14-22-10-7-16-30-20-22/h5,7,9-11,14-16,18-20,24H,1-4,6,8,12-13,17H2,(H,31,35)(H3,29,32,33,34)/b15-14+. The van der Waals surface area contributed by atoms with Crippen LogP contribution in [0.3, 0.4) is 0 Å². The van der Waals surface area contributed by atoms with Crippen LogP contribution < -0.4 is 16.4 Å². The van der Waals surface area contributed by atoms with Crippen LogP contribution in [0.1, 0.15) is 56.1 Å². The molecule has 1 aliphatic rings. The van der Waals surface area contributed by atoms with E-state index in [0.29, 0.717) is 18.5 Å². The summed E-state index contributed by atoms with van der Waals surface area (Å²) >= 11 is 0. The maximum absolute atomic E-state index is 11.9. The van der Waals surface area contributed by atoms with E-state index in [-0.39, 0.29) is 5.91 Å². The molecule has 7 heteroatoms. The lowest BCUT2D eigenvalue weighted by atomic mass is 9.93. The van der Waals surface area contributed by atoms with Gasteiger partial charge in [-0.2, -0.15) is 4.98 Å². The summed E-state index contributed by atoms with van der Waals surface area (Å²) < 4.78 is 0. The Balaban J connectivity index is 1.17. The number of pyridine rings is 1. The average molecular weight is 471 g/mol. The molecule has 0 aliphatic heterocycles. The fourth-order valence-electron chi connectivity index (χ4n) is 4.06. The van der Waals surface area contributed by atoms with Gasteiger partial charge in [0.15, 0.2) is 0 Å². The zero-order valence-electron chi connectivity index (χ0n) is 20.1. The highest BCUT2D eigenvalue weighted by molar-refractivity contribution is 5.91. The van der Waals surface area contributed by atoms with Gasteiger partial charge in [-0.25, -0.2) is 4.98 Å². The molecule has 35 heavy (non-hydrogen) atoms. The van der Waals surface area contributed by atoms with Gasteiger partial charge in [0.25, 0.3) is 0 Å². The quantitative estimate of drug-likeness (QED) is 0.254. The molecular weight excluding hydrogens is 436 g/mol. The molecular formula is C28H34N6O. The second-order valence-corrected chi connectivity index (χ2v) is 9.04. The van der Waals surface area contributed by atoms with Crippen molar-refractivity contribution in [1.82, 2.24) is 20.3 Å². The smallest absolute Gasteiger partial charge is 0.243 e. The zero-order valence-corrected chi connectivity index (χ0v) is 20.1. The predicted molar refractivity (Wildman–Crippen MR) is 142 cm³/mol. The van der Waals surface area contributed by atoms with Crippen molar-refractivity contribution in [3.63, 3.8) is 0 Å². The highest BCUT2D eigenvalue weighted by Crippen LogP contribution is 2.26.